The van der Waals surface area contributed by atoms with Crippen LogP contribution in [0.2, 0.25) is 0 Å². The molecule has 0 bridgehead atoms. The number of sulfone groups is 1. The molecule has 1 unspecified atom stereocenters. The van der Waals surface area contributed by atoms with E-state index < -0.39 is 15.9 Å². The van der Waals surface area contributed by atoms with Crippen molar-refractivity contribution in [3.8, 4) is 0 Å². The molecule has 2 amide bonds. The zero-order valence-electron chi connectivity index (χ0n) is 16.7. The SMILES string of the molecule is CN(CCCNC(=O)C1=NN(C2CCS(=O)(=O)C2)C(=O)CC1)Cc1ccccc1. The Labute approximate surface area is 171 Å². The Morgan fingerprint density at radius 3 is 2.72 bits per heavy atom. The molecule has 29 heavy (non-hydrogen) atoms. The molecule has 1 atom stereocenters. The minimum atomic E-state index is -3.12. The number of benzene rings is 1. The van der Waals surface area contributed by atoms with E-state index >= 15 is 0 Å². The van der Waals surface area contributed by atoms with Gasteiger partial charge in [-0.15, -0.1) is 0 Å². The molecule has 2 heterocycles. The Hall–Kier alpha value is -2.26. The zero-order valence-corrected chi connectivity index (χ0v) is 17.5. The predicted octanol–water partition coefficient (Wildman–Crippen LogP) is 0.790. The van der Waals surface area contributed by atoms with Crippen LogP contribution in [0.15, 0.2) is 35.4 Å². The van der Waals surface area contributed by atoms with Gasteiger partial charge in [0.05, 0.1) is 17.5 Å². The van der Waals surface area contributed by atoms with E-state index in [9.17, 15) is 18.0 Å². The Kier molecular flexibility index (Phi) is 7.02. The molecule has 0 spiro atoms. The third kappa shape index (κ3) is 6.11. The first-order chi connectivity index (χ1) is 13.8. The maximum Gasteiger partial charge on any atom is 0.267 e. The van der Waals surface area contributed by atoms with Gasteiger partial charge in [-0.3, -0.25) is 9.59 Å². The van der Waals surface area contributed by atoms with Gasteiger partial charge in [0, 0.05) is 25.9 Å². The first-order valence-electron chi connectivity index (χ1n) is 9.95. The van der Waals surface area contributed by atoms with Gasteiger partial charge in [0.15, 0.2) is 9.84 Å². The molecule has 1 aromatic rings. The third-order valence-corrected chi connectivity index (χ3v) is 6.92. The second-order valence-electron chi connectivity index (χ2n) is 7.67. The maximum atomic E-state index is 12.4. The van der Waals surface area contributed by atoms with Crippen molar-refractivity contribution in [2.75, 3.05) is 31.6 Å². The molecule has 1 aromatic carbocycles. The number of nitrogens with zero attached hydrogens (tertiary/aromatic N) is 3. The number of hydrogen-bond donors (Lipinski definition) is 1. The molecule has 3 rings (SSSR count). The second-order valence-corrected chi connectivity index (χ2v) is 9.90. The van der Waals surface area contributed by atoms with Crippen LogP contribution in [0.25, 0.3) is 0 Å². The van der Waals surface area contributed by atoms with E-state index in [1.165, 1.54) is 10.6 Å². The lowest BCUT2D eigenvalue weighted by Crippen LogP contribution is -2.44. The summed E-state index contributed by atoms with van der Waals surface area (Å²) in [6.45, 7) is 2.21. The Balaban J connectivity index is 1.45. The fourth-order valence-electron chi connectivity index (χ4n) is 3.62. The monoisotopic (exact) mass is 420 g/mol. The number of rotatable bonds is 8. The van der Waals surface area contributed by atoms with Crippen LogP contribution in [0, 0.1) is 0 Å². The number of carbonyl (C=O) groups excluding carboxylic acids is 2. The van der Waals surface area contributed by atoms with Crippen molar-refractivity contribution in [1.82, 2.24) is 15.2 Å². The van der Waals surface area contributed by atoms with E-state index in [0.29, 0.717) is 18.7 Å². The number of hydrazone groups is 1. The van der Waals surface area contributed by atoms with E-state index in [0.717, 1.165) is 19.5 Å². The first-order valence-corrected chi connectivity index (χ1v) is 11.8. The molecule has 0 saturated carbocycles. The fraction of sp³-hybridized carbons (Fsp3) is 0.550. The summed E-state index contributed by atoms with van der Waals surface area (Å²) in [5.74, 6) is -0.514. The van der Waals surface area contributed by atoms with Crippen LogP contribution >= 0.6 is 0 Å². The molecule has 158 valence electrons. The molecule has 1 N–H and O–H groups in total. The standard InChI is InChI=1S/C20H28N4O4S/c1-23(14-16-6-3-2-4-7-16)12-5-11-21-20(26)18-8-9-19(25)24(22-18)17-10-13-29(27,28)15-17/h2-4,6-7,17H,5,8-15H2,1H3,(H,21,26). The van der Waals surface area contributed by atoms with Gasteiger partial charge >= 0.3 is 0 Å². The third-order valence-electron chi connectivity index (χ3n) is 5.17. The molecule has 2 aliphatic rings. The molecule has 0 aromatic heterocycles. The van der Waals surface area contributed by atoms with Crippen LogP contribution in [0.3, 0.4) is 0 Å². The number of amides is 2. The number of carbonyl (C=O) groups is 2. The van der Waals surface area contributed by atoms with Crippen molar-refractivity contribution in [3.05, 3.63) is 35.9 Å². The summed E-state index contributed by atoms with van der Waals surface area (Å²) in [6, 6.07) is 9.74. The van der Waals surface area contributed by atoms with Crippen molar-refractivity contribution in [3.63, 3.8) is 0 Å². The highest BCUT2D eigenvalue weighted by Crippen LogP contribution is 2.22. The van der Waals surface area contributed by atoms with Crippen molar-refractivity contribution in [1.29, 1.82) is 0 Å². The fourth-order valence-corrected chi connectivity index (χ4v) is 5.31. The average molecular weight is 421 g/mol. The van der Waals surface area contributed by atoms with E-state index in [1.807, 2.05) is 25.2 Å². The van der Waals surface area contributed by atoms with Crippen LogP contribution < -0.4 is 5.32 Å². The Morgan fingerprint density at radius 2 is 2.03 bits per heavy atom. The summed E-state index contributed by atoms with van der Waals surface area (Å²) in [5, 5.41) is 8.27. The van der Waals surface area contributed by atoms with Gasteiger partial charge in [0.1, 0.15) is 5.71 Å². The normalized spacial score (nSPS) is 21.3. The first kappa shape index (κ1) is 21.4. The highest BCUT2D eigenvalue weighted by Gasteiger charge is 2.37. The van der Waals surface area contributed by atoms with E-state index in [1.54, 1.807) is 0 Å². The lowest BCUT2D eigenvalue weighted by atomic mass is 10.1. The van der Waals surface area contributed by atoms with Gasteiger partial charge in [-0.2, -0.15) is 5.10 Å². The van der Waals surface area contributed by atoms with Crippen LogP contribution in [0.4, 0.5) is 0 Å². The van der Waals surface area contributed by atoms with Crippen LogP contribution in [-0.4, -0.2) is 73.5 Å². The lowest BCUT2D eigenvalue weighted by Gasteiger charge is -2.27. The minimum Gasteiger partial charge on any atom is -0.351 e. The molecular weight excluding hydrogens is 392 g/mol. The second kappa shape index (κ2) is 9.49. The summed E-state index contributed by atoms with van der Waals surface area (Å²) >= 11 is 0. The smallest absolute Gasteiger partial charge is 0.267 e. The Bertz CT molecular complexity index is 870. The molecule has 2 aliphatic heterocycles. The van der Waals surface area contributed by atoms with Crippen LogP contribution in [0.1, 0.15) is 31.2 Å². The van der Waals surface area contributed by atoms with Gasteiger partial charge < -0.3 is 10.2 Å². The van der Waals surface area contributed by atoms with E-state index in [4.69, 9.17) is 0 Å². The van der Waals surface area contributed by atoms with Crippen molar-refractivity contribution < 1.29 is 18.0 Å². The summed E-state index contributed by atoms with van der Waals surface area (Å²) in [7, 11) is -1.08. The zero-order chi connectivity index (χ0) is 20.9. The molecular formula is C20H28N4O4S. The van der Waals surface area contributed by atoms with Gasteiger partial charge in [-0.25, -0.2) is 13.4 Å². The summed E-state index contributed by atoms with van der Waals surface area (Å²) in [5.41, 5.74) is 1.54. The Morgan fingerprint density at radius 1 is 1.28 bits per heavy atom. The largest absolute Gasteiger partial charge is 0.351 e. The topological polar surface area (TPSA) is 99.2 Å². The maximum absolute atomic E-state index is 12.4. The van der Waals surface area contributed by atoms with Crippen LogP contribution in [-0.2, 0) is 26.0 Å². The van der Waals surface area contributed by atoms with Gasteiger partial charge in [0.2, 0.25) is 5.91 Å². The van der Waals surface area contributed by atoms with Crippen molar-refractivity contribution >= 4 is 27.4 Å². The molecule has 1 saturated heterocycles. The van der Waals surface area contributed by atoms with Gasteiger partial charge in [-0.05, 0) is 32.0 Å². The van der Waals surface area contributed by atoms with Gasteiger partial charge in [-0.1, -0.05) is 30.3 Å². The number of nitrogens with one attached hydrogen (secondary N) is 1. The van der Waals surface area contributed by atoms with E-state index in [2.05, 4.69) is 27.5 Å². The summed E-state index contributed by atoms with van der Waals surface area (Å²) < 4.78 is 23.4. The summed E-state index contributed by atoms with van der Waals surface area (Å²) in [4.78, 5) is 26.7. The van der Waals surface area contributed by atoms with Crippen LogP contribution in [0.5, 0.6) is 0 Å². The quantitative estimate of drug-likeness (QED) is 0.627. The molecule has 8 nitrogen and oxygen atoms in total. The molecule has 0 radical (unpaired) electrons. The summed E-state index contributed by atoms with van der Waals surface area (Å²) in [6.07, 6.45) is 1.64. The van der Waals surface area contributed by atoms with Gasteiger partial charge in [0.25, 0.3) is 5.91 Å². The average Bonchev–Trinajstić information content (AvgIpc) is 3.05. The lowest BCUT2D eigenvalue weighted by molar-refractivity contribution is -0.133. The molecule has 9 heteroatoms. The predicted molar refractivity (Wildman–Crippen MR) is 111 cm³/mol. The highest BCUT2D eigenvalue weighted by molar-refractivity contribution is 7.91. The highest BCUT2D eigenvalue weighted by atomic mass is 32.2. The minimum absolute atomic E-state index is 0.0645. The van der Waals surface area contributed by atoms with Crippen molar-refractivity contribution in [2.24, 2.45) is 5.10 Å². The molecule has 1 fully saturated rings. The number of hydrogen-bond acceptors (Lipinski definition) is 6. The molecule has 0 aliphatic carbocycles. The van der Waals surface area contributed by atoms with E-state index in [-0.39, 0.29) is 36.2 Å². The van der Waals surface area contributed by atoms with Crippen molar-refractivity contribution in [2.45, 2.75) is 38.3 Å².